The van der Waals surface area contributed by atoms with E-state index < -0.39 is 0 Å². The van der Waals surface area contributed by atoms with Crippen LogP contribution in [0.5, 0.6) is 0 Å². The Bertz CT molecular complexity index is 483. The average Bonchev–Trinajstić information content (AvgIpc) is 2.50. The molecule has 3 heteroatoms. The number of aliphatic hydroxyl groups excluding tert-OH is 1. The highest BCUT2D eigenvalue weighted by atomic mass is 16.5. The first-order valence-electron chi connectivity index (χ1n) is 7.77. The summed E-state index contributed by atoms with van der Waals surface area (Å²) >= 11 is 0. The molecule has 0 radical (unpaired) electrons. The molecular weight excluding hydrogens is 262 g/mol. The number of nitrogens with zero attached hydrogens (tertiary/aromatic N) is 1. The fourth-order valence-corrected chi connectivity index (χ4v) is 2.65. The Kier molecular flexibility index (Phi) is 6.75. The van der Waals surface area contributed by atoms with Crippen molar-refractivity contribution in [3.63, 3.8) is 0 Å². The van der Waals surface area contributed by atoms with E-state index in [1.807, 2.05) is 12.1 Å². The number of aliphatic hydroxyl groups is 1. The molecule has 1 unspecified atom stereocenters. The number of likely N-dealkylation sites (N-methyl/N-ethyl adjacent to an activating group) is 1. The molecule has 1 aliphatic rings. The van der Waals surface area contributed by atoms with Gasteiger partial charge in [0, 0.05) is 31.7 Å². The van der Waals surface area contributed by atoms with Crippen molar-refractivity contribution in [1.29, 1.82) is 0 Å². The third-order valence-electron chi connectivity index (χ3n) is 3.71. The normalized spacial score (nSPS) is 18.3. The maximum atomic E-state index is 8.82. The summed E-state index contributed by atoms with van der Waals surface area (Å²) in [7, 11) is 2.13. The molecule has 1 aliphatic heterocycles. The van der Waals surface area contributed by atoms with Gasteiger partial charge in [0.2, 0.25) is 0 Å². The molecule has 1 aromatic carbocycles. The third-order valence-corrected chi connectivity index (χ3v) is 3.71. The van der Waals surface area contributed by atoms with Gasteiger partial charge in [-0.3, -0.25) is 4.90 Å². The van der Waals surface area contributed by atoms with Crippen molar-refractivity contribution >= 4 is 0 Å². The van der Waals surface area contributed by atoms with Crippen LogP contribution in [-0.2, 0) is 11.3 Å². The van der Waals surface area contributed by atoms with Crippen molar-refractivity contribution < 1.29 is 9.84 Å². The van der Waals surface area contributed by atoms with Gasteiger partial charge in [0.1, 0.15) is 0 Å². The van der Waals surface area contributed by atoms with Crippen molar-refractivity contribution in [3.8, 4) is 11.8 Å². The Morgan fingerprint density at radius 2 is 2.19 bits per heavy atom. The fraction of sp³-hybridized carbons (Fsp3) is 0.556. The van der Waals surface area contributed by atoms with Crippen LogP contribution in [0.2, 0.25) is 0 Å². The Hall–Kier alpha value is -1.34. The number of hydrogen-bond acceptors (Lipinski definition) is 3. The van der Waals surface area contributed by atoms with Crippen LogP contribution in [0.1, 0.15) is 36.8 Å². The Labute approximate surface area is 127 Å². The molecule has 0 aromatic heterocycles. The summed E-state index contributed by atoms with van der Waals surface area (Å²) < 4.78 is 5.80. The van der Waals surface area contributed by atoms with Crippen LogP contribution in [0.3, 0.4) is 0 Å². The summed E-state index contributed by atoms with van der Waals surface area (Å²) in [5.74, 6) is 6.16. The molecule has 114 valence electrons. The van der Waals surface area contributed by atoms with E-state index in [1.165, 1.54) is 24.8 Å². The number of hydrogen-bond donors (Lipinski definition) is 1. The maximum Gasteiger partial charge on any atom is 0.0702 e. The molecule has 1 fully saturated rings. The lowest BCUT2D eigenvalue weighted by atomic mass is 10.1. The highest BCUT2D eigenvalue weighted by Gasteiger charge is 2.16. The van der Waals surface area contributed by atoms with E-state index in [-0.39, 0.29) is 6.61 Å². The van der Waals surface area contributed by atoms with Gasteiger partial charge in [-0.15, -0.1) is 0 Å². The first-order chi connectivity index (χ1) is 10.3. The van der Waals surface area contributed by atoms with Crippen LogP contribution in [0.25, 0.3) is 0 Å². The van der Waals surface area contributed by atoms with E-state index in [0.717, 1.165) is 25.3 Å². The van der Waals surface area contributed by atoms with Crippen molar-refractivity contribution in [2.24, 2.45) is 0 Å². The third kappa shape index (κ3) is 5.51. The van der Waals surface area contributed by atoms with E-state index in [4.69, 9.17) is 9.84 Å². The number of ether oxygens (including phenoxy) is 1. The van der Waals surface area contributed by atoms with E-state index in [0.29, 0.717) is 12.5 Å². The van der Waals surface area contributed by atoms with Crippen LogP contribution in [0, 0.1) is 11.8 Å². The van der Waals surface area contributed by atoms with Crippen LogP contribution in [0.4, 0.5) is 0 Å². The number of rotatable bonds is 5. The summed E-state index contributed by atoms with van der Waals surface area (Å²) in [6, 6.07) is 8.24. The van der Waals surface area contributed by atoms with Gasteiger partial charge in [0.05, 0.1) is 12.7 Å². The first-order valence-corrected chi connectivity index (χ1v) is 7.77. The van der Waals surface area contributed by atoms with E-state index >= 15 is 0 Å². The molecule has 1 heterocycles. The van der Waals surface area contributed by atoms with Gasteiger partial charge in [-0.05, 0) is 37.9 Å². The maximum absolute atomic E-state index is 8.82. The molecule has 0 aliphatic carbocycles. The van der Waals surface area contributed by atoms with Gasteiger partial charge in [0.15, 0.2) is 0 Å². The monoisotopic (exact) mass is 287 g/mol. The number of benzene rings is 1. The Morgan fingerprint density at radius 3 is 2.95 bits per heavy atom. The predicted molar refractivity (Wildman–Crippen MR) is 84.9 cm³/mol. The highest BCUT2D eigenvalue weighted by molar-refractivity contribution is 5.41. The molecule has 0 bridgehead atoms. The molecule has 0 spiro atoms. The predicted octanol–water partition coefficient (Wildman–Crippen LogP) is 2.42. The molecule has 1 atom stereocenters. The minimum atomic E-state index is 0.119. The minimum Gasteiger partial charge on any atom is -0.395 e. The van der Waals surface area contributed by atoms with E-state index in [9.17, 15) is 0 Å². The second-order valence-electron chi connectivity index (χ2n) is 5.62. The van der Waals surface area contributed by atoms with Crippen LogP contribution < -0.4 is 0 Å². The lowest BCUT2D eigenvalue weighted by Gasteiger charge is -2.27. The standard InChI is InChI=1S/C18H25NO2/c1-19(15-18-11-5-7-13-21-18)14-17-10-3-2-8-16(17)9-4-6-12-20/h2-3,8,10,18,20H,5-7,11-15H2,1H3. The van der Waals surface area contributed by atoms with Gasteiger partial charge in [0.25, 0.3) is 0 Å². The molecule has 3 nitrogen and oxygen atoms in total. The topological polar surface area (TPSA) is 32.7 Å². The van der Waals surface area contributed by atoms with Gasteiger partial charge in [-0.1, -0.05) is 30.0 Å². The zero-order chi connectivity index (χ0) is 14.9. The van der Waals surface area contributed by atoms with Gasteiger partial charge in [-0.2, -0.15) is 0 Å². The van der Waals surface area contributed by atoms with Gasteiger partial charge < -0.3 is 9.84 Å². The molecule has 1 aromatic rings. The zero-order valence-electron chi connectivity index (χ0n) is 12.8. The quantitative estimate of drug-likeness (QED) is 0.844. The zero-order valence-corrected chi connectivity index (χ0v) is 12.8. The Balaban J connectivity index is 1.93. The molecule has 0 saturated carbocycles. The lowest BCUT2D eigenvalue weighted by Crippen LogP contribution is -2.33. The first kappa shape index (κ1) is 16.0. The summed E-state index contributed by atoms with van der Waals surface area (Å²) in [4.78, 5) is 2.31. The SMILES string of the molecule is CN(Cc1ccccc1C#CCCO)CC1CCCCO1. The highest BCUT2D eigenvalue weighted by Crippen LogP contribution is 2.15. The summed E-state index contributed by atoms with van der Waals surface area (Å²) in [6.45, 7) is 2.87. The summed E-state index contributed by atoms with van der Waals surface area (Å²) in [5, 5.41) is 8.82. The molecule has 1 N–H and O–H groups in total. The molecule has 2 rings (SSSR count). The van der Waals surface area contributed by atoms with Crippen molar-refractivity contribution in [3.05, 3.63) is 35.4 Å². The van der Waals surface area contributed by atoms with Crippen molar-refractivity contribution in [1.82, 2.24) is 4.90 Å². The summed E-state index contributed by atoms with van der Waals surface area (Å²) in [6.07, 6.45) is 4.55. The minimum absolute atomic E-state index is 0.119. The lowest BCUT2D eigenvalue weighted by molar-refractivity contribution is -0.00260. The second-order valence-corrected chi connectivity index (χ2v) is 5.62. The molecule has 21 heavy (non-hydrogen) atoms. The molecule has 0 amide bonds. The molecular formula is C18H25NO2. The average molecular weight is 287 g/mol. The molecule has 1 saturated heterocycles. The van der Waals surface area contributed by atoms with Crippen molar-refractivity contribution in [2.45, 2.75) is 38.3 Å². The van der Waals surface area contributed by atoms with Crippen molar-refractivity contribution in [2.75, 3.05) is 26.8 Å². The van der Waals surface area contributed by atoms with E-state index in [1.54, 1.807) is 0 Å². The van der Waals surface area contributed by atoms with Crippen LogP contribution >= 0.6 is 0 Å². The van der Waals surface area contributed by atoms with Gasteiger partial charge >= 0.3 is 0 Å². The summed E-state index contributed by atoms with van der Waals surface area (Å²) in [5.41, 5.74) is 2.30. The largest absolute Gasteiger partial charge is 0.395 e. The fourth-order valence-electron chi connectivity index (χ4n) is 2.65. The van der Waals surface area contributed by atoms with Crippen LogP contribution in [-0.4, -0.2) is 42.9 Å². The van der Waals surface area contributed by atoms with E-state index in [2.05, 4.69) is 35.9 Å². The van der Waals surface area contributed by atoms with Gasteiger partial charge in [-0.25, -0.2) is 0 Å². The van der Waals surface area contributed by atoms with Crippen LogP contribution in [0.15, 0.2) is 24.3 Å². The smallest absolute Gasteiger partial charge is 0.0702 e. The Morgan fingerprint density at radius 1 is 1.33 bits per heavy atom. The second kappa shape index (κ2) is 8.84.